The second-order valence-corrected chi connectivity index (χ2v) is 5.71. The van der Waals surface area contributed by atoms with E-state index in [9.17, 15) is 0 Å². The van der Waals surface area contributed by atoms with E-state index < -0.39 is 0 Å². The van der Waals surface area contributed by atoms with Crippen LogP contribution in [-0.4, -0.2) is 44.0 Å². The number of hydrogen-bond donors (Lipinski definition) is 0. The van der Waals surface area contributed by atoms with Crippen molar-refractivity contribution in [2.24, 2.45) is 5.92 Å². The highest BCUT2D eigenvalue weighted by Gasteiger charge is 2.22. The van der Waals surface area contributed by atoms with Crippen molar-refractivity contribution in [2.75, 3.05) is 13.1 Å². The average Bonchev–Trinajstić information content (AvgIpc) is 2.83. The normalized spacial score (nSPS) is 21.3. The molecule has 1 saturated heterocycles. The van der Waals surface area contributed by atoms with Crippen LogP contribution in [0.2, 0.25) is 0 Å². The zero-order chi connectivity index (χ0) is 13.2. The van der Waals surface area contributed by atoms with E-state index in [2.05, 4.69) is 34.0 Å². The molecule has 0 radical (unpaired) electrons. The summed E-state index contributed by atoms with van der Waals surface area (Å²) in [6.07, 6.45) is 4.36. The second kappa shape index (κ2) is 5.25. The molecule has 3 heterocycles. The van der Waals surface area contributed by atoms with Gasteiger partial charge in [-0.1, -0.05) is 5.21 Å². The molecular formula is C14H21N5. The van der Waals surface area contributed by atoms with Crippen molar-refractivity contribution in [3.05, 3.63) is 18.3 Å². The first-order valence-electron chi connectivity index (χ1n) is 7.12. The van der Waals surface area contributed by atoms with Gasteiger partial charge in [0, 0.05) is 25.3 Å². The Morgan fingerprint density at radius 1 is 1.42 bits per heavy atom. The van der Waals surface area contributed by atoms with Gasteiger partial charge in [-0.3, -0.25) is 0 Å². The summed E-state index contributed by atoms with van der Waals surface area (Å²) < 4.78 is 1.96. The van der Waals surface area contributed by atoms with E-state index in [-0.39, 0.29) is 0 Å². The Balaban J connectivity index is 1.74. The monoisotopic (exact) mass is 259 g/mol. The Hall–Kier alpha value is -1.49. The molecule has 2 aromatic rings. The van der Waals surface area contributed by atoms with Crippen LogP contribution in [0.4, 0.5) is 0 Å². The average molecular weight is 259 g/mol. The zero-order valence-corrected chi connectivity index (χ0v) is 11.7. The minimum atomic E-state index is 0.633. The molecule has 0 N–H and O–H groups in total. The number of nitrogens with zero attached hydrogens (tertiary/aromatic N) is 5. The van der Waals surface area contributed by atoms with Crippen molar-refractivity contribution < 1.29 is 0 Å². The molecule has 0 aromatic carbocycles. The lowest BCUT2D eigenvalue weighted by Gasteiger charge is -2.35. The number of pyridine rings is 1. The lowest BCUT2D eigenvalue weighted by atomic mass is 9.97. The van der Waals surface area contributed by atoms with Gasteiger partial charge in [0.25, 0.3) is 0 Å². The van der Waals surface area contributed by atoms with Gasteiger partial charge in [0.1, 0.15) is 5.52 Å². The minimum absolute atomic E-state index is 0.633. The van der Waals surface area contributed by atoms with Gasteiger partial charge < -0.3 is 4.90 Å². The molecule has 0 spiro atoms. The van der Waals surface area contributed by atoms with Crippen molar-refractivity contribution in [1.29, 1.82) is 0 Å². The molecule has 5 heteroatoms. The molecule has 102 valence electrons. The molecule has 1 fully saturated rings. The first-order chi connectivity index (χ1) is 9.24. The molecule has 1 atom stereocenters. The highest BCUT2D eigenvalue weighted by molar-refractivity contribution is 5.68. The van der Waals surface area contributed by atoms with Gasteiger partial charge in [-0.25, -0.2) is 9.67 Å². The third-order valence-electron chi connectivity index (χ3n) is 3.98. The minimum Gasteiger partial charge on any atom is -0.301 e. The van der Waals surface area contributed by atoms with Crippen molar-refractivity contribution in [1.82, 2.24) is 24.9 Å². The van der Waals surface area contributed by atoms with Crippen LogP contribution in [0.1, 0.15) is 26.7 Å². The van der Waals surface area contributed by atoms with Gasteiger partial charge in [-0.2, -0.15) is 0 Å². The maximum atomic E-state index is 4.39. The summed E-state index contributed by atoms with van der Waals surface area (Å²) in [6.45, 7) is 7.86. The van der Waals surface area contributed by atoms with E-state index in [0.717, 1.165) is 24.3 Å². The maximum absolute atomic E-state index is 4.39. The van der Waals surface area contributed by atoms with Crippen molar-refractivity contribution >= 4 is 11.2 Å². The Labute approximate surface area is 113 Å². The first kappa shape index (κ1) is 12.5. The summed E-state index contributed by atoms with van der Waals surface area (Å²) >= 11 is 0. The molecule has 0 amide bonds. The fourth-order valence-corrected chi connectivity index (χ4v) is 2.89. The fraction of sp³-hybridized carbons (Fsp3) is 0.643. The summed E-state index contributed by atoms with van der Waals surface area (Å²) in [6, 6.07) is 4.50. The predicted octanol–water partition coefficient (Wildman–Crippen LogP) is 1.95. The van der Waals surface area contributed by atoms with E-state index in [1.54, 1.807) is 0 Å². The number of likely N-dealkylation sites (tertiary alicyclic amines) is 1. The van der Waals surface area contributed by atoms with Crippen LogP contribution in [0, 0.1) is 5.92 Å². The van der Waals surface area contributed by atoms with Crippen LogP contribution < -0.4 is 0 Å². The summed E-state index contributed by atoms with van der Waals surface area (Å²) in [5.74, 6) is 0.656. The summed E-state index contributed by atoms with van der Waals surface area (Å²) in [7, 11) is 0. The Morgan fingerprint density at radius 3 is 3.16 bits per heavy atom. The molecule has 1 aliphatic rings. The highest BCUT2D eigenvalue weighted by atomic mass is 15.4. The molecule has 19 heavy (non-hydrogen) atoms. The fourth-order valence-electron chi connectivity index (χ4n) is 2.89. The van der Waals surface area contributed by atoms with E-state index in [1.165, 1.54) is 19.4 Å². The molecule has 1 unspecified atom stereocenters. The Bertz CT molecular complexity index is 548. The lowest BCUT2D eigenvalue weighted by Crippen LogP contribution is -2.41. The second-order valence-electron chi connectivity index (χ2n) is 5.71. The lowest BCUT2D eigenvalue weighted by molar-refractivity contribution is 0.129. The SMILES string of the molecule is CC(C)N1CCCC(Cn2nnc3cccnc32)C1. The third-order valence-corrected chi connectivity index (χ3v) is 3.98. The standard InChI is InChI=1S/C14H21N5/c1-11(2)18-8-4-5-12(9-18)10-19-14-13(16-17-19)6-3-7-15-14/h3,6-7,11-12H,4-5,8-10H2,1-2H3. The zero-order valence-electron chi connectivity index (χ0n) is 11.7. The number of fused-ring (bicyclic) bond motifs is 1. The van der Waals surface area contributed by atoms with Gasteiger partial charge in [-0.05, 0) is 51.3 Å². The molecule has 0 saturated carbocycles. The molecule has 0 bridgehead atoms. The first-order valence-corrected chi connectivity index (χ1v) is 7.12. The number of piperidine rings is 1. The van der Waals surface area contributed by atoms with Crippen LogP contribution in [0.3, 0.4) is 0 Å². The third kappa shape index (κ3) is 2.61. The summed E-state index contributed by atoms with van der Waals surface area (Å²) in [5, 5.41) is 8.42. The topological polar surface area (TPSA) is 46.8 Å². The Kier molecular flexibility index (Phi) is 3.46. The van der Waals surface area contributed by atoms with Crippen molar-refractivity contribution in [2.45, 2.75) is 39.3 Å². The highest BCUT2D eigenvalue weighted by Crippen LogP contribution is 2.20. The van der Waals surface area contributed by atoms with Crippen molar-refractivity contribution in [3.63, 3.8) is 0 Å². The largest absolute Gasteiger partial charge is 0.301 e. The quantitative estimate of drug-likeness (QED) is 0.845. The van der Waals surface area contributed by atoms with Gasteiger partial charge in [0.15, 0.2) is 5.65 Å². The molecule has 0 aliphatic carbocycles. The van der Waals surface area contributed by atoms with E-state index >= 15 is 0 Å². The van der Waals surface area contributed by atoms with Gasteiger partial charge in [-0.15, -0.1) is 5.10 Å². The number of hydrogen-bond acceptors (Lipinski definition) is 4. The summed E-state index contributed by atoms with van der Waals surface area (Å²) in [4.78, 5) is 6.94. The van der Waals surface area contributed by atoms with Crippen molar-refractivity contribution in [3.8, 4) is 0 Å². The van der Waals surface area contributed by atoms with Crippen LogP contribution in [0.5, 0.6) is 0 Å². The molecule has 3 rings (SSSR count). The Morgan fingerprint density at radius 2 is 2.32 bits per heavy atom. The molecule has 1 aliphatic heterocycles. The molecule has 5 nitrogen and oxygen atoms in total. The van der Waals surface area contributed by atoms with E-state index in [4.69, 9.17) is 0 Å². The number of aromatic nitrogens is 4. The van der Waals surface area contributed by atoms with Crippen LogP contribution >= 0.6 is 0 Å². The number of rotatable bonds is 3. The smallest absolute Gasteiger partial charge is 0.178 e. The van der Waals surface area contributed by atoms with Gasteiger partial charge in [0.05, 0.1) is 0 Å². The van der Waals surface area contributed by atoms with E-state index in [1.807, 2.05) is 23.0 Å². The van der Waals surface area contributed by atoms with Crippen LogP contribution in [0.15, 0.2) is 18.3 Å². The van der Waals surface area contributed by atoms with E-state index in [0.29, 0.717) is 12.0 Å². The van der Waals surface area contributed by atoms with Crippen LogP contribution in [-0.2, 0) is 6.54 Å². The van der Waals surface area contributed by atoms with Crippen LogP contribution in [0.25, 0.3) is 11.2 Å². The van der Waals surface area contributed by atoms with Gasteiger partial charge in [0.2, 0.25) is 0 Å². The summed E-state index contributed by atoms with van der Waals surface area (Å²) in [5.41, 5.74) is 1.79. The van der Waals surface area contributed by atoms with Gasteiger partial charge >= 0.3 is 0 Å². The molecular weight excluding hydrogens is 238 g/mol. The predicted molar refractivity (Wildman–Crippen MR) is 74.8 cm³/mol. The maximum Gasteiger partial charge on any atom is 0.178 e. The molecule has 2 aromatic heterocycles.